The van der Waals surface area contributed by atoms with Gasteiger partial charge in [-0.25, -0.2) is 0 Å². The Labute approximate surface area is 182 Å². The Morgan fingerprint density at radius 1 is 0.290 bits per heavy atom. The van der Waals surface area contributed by atoms with Crippen LogP contribution in [0.5, 0.6) is 0 Å². The van der Waals surface area contributed by atoms with Gasteiger partial charge in [0.2, 0.25) is 0 Å². The number of hydrogen-bond acceptors (Lipinski definition) is 0. The van der Waals surface area contributed by atoms with E-state index in [4.69, 9.17) is 0 Å². The van der Waals surface area contributed by atoms with Crippen molar-refractivity contribution in [2.24, 2.45) is 0 Å². The zero-order chi connectivity index (χ0) is 20.6. The fourth-order valence-electron chi connectivity index (χ4n) is 4.77. The molecule has 0 heterocycles. The van der Waals surface area contributed by atoms with E-state index in [9.17, 15) is 0 Å². The molecule has 31 heavy (non-hydrogen) atoms. The number of fused-ring (bicyclic) bond motifs is 3. The normalized spacial score (nSPS) is 11.5. The van der Waals surface area contributed by atoms with E-state index in [1.54, 1.807) is 0 Å². The van der Waals surface area contributed by atoms with Crippen molar-refractivity contribution >= 4 is 32.3 Å². The molecule has 0 unspecified atom stereocenters. The molecule has 6 aromatic carbocycles. The first-order valence-electron chi connectivity index (χ1n) is 10.7. The zero-order valence-electron chi connectivity index (χ0n) is 17.1. The molecule has 1 radical (unpaired) electrons. The van der Waals surface area contributed by atoms with Crippen molar-refractivity contribution < 1.29 is 0 Å². The first kappa shape index (κ1) is 17.9. The Bertz CT molecular complexity index is 1340. The van der Waals surface area contributed by atoms with Gasteiger partial charge < -0.3 is 0 Å². The van der Waals surface area contributed by atoms with Gasteiger partial charge in [-0.3, -0.25) is 0 Å². The van der Waals surface area contributed by atoms with Crippen LogP contribution in [0, 0.1) is 5.92 Å². The summed E-state index contributed by atoms with van der Waals surface area (Å²) in [5.41, 5.74) is 3.81. The number of rotatable bonds is 3. The van der Waals surface area contributed by atoms with E-state index in [2.05, 4.69) is 127 Å². The Hall–Kier alpha value is -3.90. The maximum atomic E-state index is 2.27. The molecule has 0 atom stereocenters. The molecule has 0 bridgehead atoms. The third kappa shape index (κ3) is 3.00. The molecule has 0 aliphatic rings. The highest BCUT2D eigenvalue weighted by Gasteiger charge is 2.23. The van der Waals surface area contributed by atoms with Crippen LogP contribution in [0.25, 0.3) is 32.3 Å². The van der Waals surface area contributed by atoms with Crippen LogP contribution in [0.4, 0.5) is 0 Å². The van der Waals surface area contributed by atoms with Crippen molar-refractivity contribution in [2.45, 2.75) is 0 Å². The molecular weight excluding hydrogens is 372 g/mol. The quantitative estimate of drug-likeness (QED) is 0.266. The Kier molecular flexibility index (Phi) is 4.28. The van der Waals surface area contributed by atoms with Gasteiger partial charge in [0.25, 0.3) is 0 Å². The molecule has 0 spiro atoms. The monoisotopic (exact) mass is 393 g/mol. The van der Waals surface area contributed by atoms with Crippen molar-refractivity contribution in [3.8, 4) is 0 Å². The number of hydrogen-bond donors (Lipinski definition) is 0. The van der Waals surface area contributed by atoms with Crippen LogP contribution >= 0.6 is 0 Å². The van der Waals surface area contributed by atoms with E-state index in [0.717, 1.165) is 0 Å². The second-order valence-electron chi connectivity index (χ2n) is 7.96. The summed E-state index contributed by atoms with van der Waals surface area (Å²) in [5.74, 6) is 1.28. The second kappa shape index (κ2) is 7.41. The highest BCUT2D eigenvalue weighted by atomic mass is 14.2. The topological polar surface area (TPSA) is 0 Å². The molecule has 0 fully saturated rings. The molecule has 0 aromatic heterocycles. The van der Waals surface area contributed by atoms with Crippen molar-refractivity contribution in [1.82, 2.24) is 0 Å². The summed E-state index contributed by atoms with van der Waals surface area (Å²) in [6.07, 6.45) is 0. The van der Waals surface area contributed by atoms with Crippen molar-refractivity contribution in [3.63, 3.8) is 0 Å². The van der Waals surface area contributed by atoms with Gasteiger partial charge >= 0.3 is 0 Å². The molecule has 0 saturated carbocycles. The molecule has 6 rings (SSSR count). The van der Waals surface area contributed by atoms with E-state index in [0.29, 0.717) is 0 Å². The van der Waals surface area contributed by atoms with E-state index in [1.165, 1.54) is 54.9 Å². The van der Waals surface area contributed by atoms with Gasteiger partial charge in [-0.15, -0.1) is 0 Å². The van der Waals surface area contributed by atoms with Crippen LogP contribution in [-0.2, 0) is 0 Å². The van der Waals surface area contributed by atoms with Crippen LogP contribution in [0.2, 0.25) is 0 Å². The molecule has 0 aliphatic carbocycles. The molecule has 0 saturated heterocycles. The molecular formula is C31H21. The fraction of sp³-hybridized carbons (Fsp3) is 0. The number of benzene rings is 6. The first-order valence-corrected chi connectivity index (χ1v) is 10.7. The average Bonchev–Trinajstić information content (AvgIpc) is 2.85. The Morgan fingerprint density at radius 3 is 0.935 bits per heavy atom. The summed E-state index contributed by atoms with van der Waals surface area (Å²) >= 11 is 0. The lowest BCUT2D eigenvalue weighted by Crippen LogP contribution is -2.07. The molecule has 0 N–H and O–H groups in total. The van der Waals surface area contributed by atoms with E-state index >= 15 is 0 Å². The molecule has 0 aliphatic heterocycles. The van der Waals surface area contributed by atoms with Crippen molar-refractivity contribution in [3.05, 3.63) is 150 Å². The molecule has 145 valence electrons. The van der Waals surface area contributed by atoms with Gasteiger partial charge in [0.1, 0.15) is 0 Å². The van der Waals surface area contributed by atoms with Gasteiger partial charge in [0.15, 0.2) is 0 Å². The smallest absolute Gasteiger partial charge is 0.0616 e. The van der Waals surface area contributed by atoms with E-state index < -0.39 is 0 Å². The highest BCUT2D eigenvalue weighted by Crippen LogP contribution is 2.40. The van der Waals surface area contributed by atoms with E-state index in [-0.39, 0.29) is 0 Å². The van der Waals surface area contributed by atoms with Gasteiger partial charge in [-0.2, -0.15) is 0 Å². The first-order chi connectivity index (χ1) is 15.4. The van der Waals surface area contributed by atoms with Crippen molar-refractivity contribution in [1.29, 1.82) is 0 Å². The predicted octanol–water partition coefficient (Wildman–Crippen LogP) is 8.17. The summed E-state index contributed by atoms with van der Waals surface area (Å²) in [5, 5.41) is 7.62. The molecule has 0 amide bonds. The third-order valence-corrected chi connectivity index (χ3v) is 6.18. The largest absolute Gasteiger partial charge is 0.0647 e. The summed E-state index contributed by atoms with van der Waals surface area (Å²) in [4.78, 5) is 0. The van der Waals surface area contributed by atoms with Crippen LogP contribution in [0.15, 0.2) is 127 Å². The Balaban J connectivity index is 1.75. The van der Waals surface area contributed by atoms with Crippen molar-refractivity contribution in [2.75, 3.05) is 0 Å². The van der Waals surface area contributed by atoms with Crippen LogP contribution in [0.1, 0.15) is 16.7 Å². The lowest BCUT2D eigenvalue weighted by molar-refractivity contribution is 1.28. The minimum atomic E-state index is 1.26. The summed E-state index contributed by atoms with van der Waals surface area (Å²) < 4.78 is 0. The summed E-state index contributed by atoms with van der Waals surface area (Å²) in [6, 6.07) is 46.0. The lowest BCUT2D eigenvalue weighted by Gasteiger charge is -2.23. The molecule has 0 nitrogen and oxygen atoms in total. The molecule has 6 aromatic rings. The lowest BCUT2D eigenvalue weighted by atomic mass is 9.79. The van der Waals surface area contributed by atoms with E-state index in [1.807, 2.05) is 0 Å². The summed E-state index contributed by atoms with van der Waals surface area (Å²) in [6.45, 7) is 0. The Morgan fingerprint density at radius 2 is 0.581 bits per heavy atom. The minimum absolute atomic E-state index is 1.26. The maximum Gasteiger partial charge on any atom is 0.0647 e. The maximum absolute atomic E-state index is 2.27. The second-order valence-corrected chi connectivity index (χ2v) is 7.96. The summed E-state index contributed by atoms with van der Waals surface area (Å²) in [7, 11) is 0. The predicted molar refractivity (Wildman–Crippen MR) is 132 cm³/mol. The van der Waals surface area contributed by atoms with Gasteiger partial charge in [0.05, 0.1) is 5.92 Å². The fourth-order valence-corrected chi connectivity index (χ4v) is 4.77. The highest BCUT2D eigenvalue weighted by molar-refractivity contribution is 5.98. The van der Waals surface area contributed by atoms with Gasteiger partial charge in [-0.05, 0) is 49.0 Å². The van der Waals surface area contributed by atoms with Crippen LogP contribution in [0.3, 0.4) is 0 Å². The average molecular weight is 394 g/mol. The van der Waals surface area contributed by atoms with Crippen LogP contribution in [-0.4, -0.2) is 0 Å². The third-order valence-electron chi connectivity index (χ3n) is 6.18. The molecule has 0 heteroatoms. The minimum Gasteiger partial charge on any atom is -0.0616 e. The SMILES string of the molecule is c1ccc2c([C](c3cccc4ccccc34)c3cccc4ccccc34)cccc2c1. The van der Waals surface area contributed by atoms with Crippen LogP contribution < -0.4 is 0 Å². The zero-order valence-corrected chi connectivity index (χ0v) is 17.1. The van der Waals surface area contributed by atoms with Gasteiger partial charge in [-0.1, -0.05) is 127 Å². The van der Waals surface area contributed by atoms with Gasteiger partial charge in [0, 0.05) is 0 Å². The standard InChI is InChI=1S/C31H21/c1-4-16-25-22(10-1)13-7-19-28(25)31(29-20-8-14-23-11-2-5-17-26(23)29)30-21-9-15-24-12-3-6-18-27(24)30/h1-21H.